The minimum Gasteiger partial charge on any atom is -0.342 e. The molecule has 2 aliphatic rings. The summed E-state index contributed by atoms with van der Waals surface area (Å²) in [5.74, 6) is 0.819. The number of amides is 2. The smallest absolute Gasteiger partial charge is 0.322 e. The lowest BCUT2D eigenvalue weighted by atomic mass is 10.1. The highest BCUT2D eigenvalue weighted by atomic mass is 32.1. The third kappa shape index (κ3) is 2.13. The Morgan fingerprint density at radius 3 is 2.95 bits per heavy atom. The van der Waals surface area contributed by atoms with E-state index in [4.69, 9.17) is 0 Å². The first-order valence-electron chi connectivity index (χ1n) is 6.85. The molecule has 2 aromatic heterocycles. The first kappa shape index (κ1) is 12.6. The fourth-order valence-electron chi connectivity index (χ4n) is 2.58. The lowest BCUT2D eigenvalue weighted by Gasteiger charge is -2.38. The predicted molar refractivity (Wildman–Crippen MR) is 78.9 cm³/mol. The number of urea groups is 1. The molecule has 1 N–H and O–H groups in total. The number of carbonyl (C=O) groups excluding carboxylic acids is 1. The average Bonchev–Trinajstić information content (AvgIpc) is 3.10. The SMILES string of the molecule is Cc1nsc(N2CC(n3cc(N4CCNC4=O)cn3)C2)n1. The van der Waals surface area contributed by atoms with Crippen LogP contribution in [-0.4, -0.2) is 51.3 Å². The molecule has 4 rings (SSSR count). The van der Waals surface area contributed by atoms with E-state index in [1.54, 1.807) is 11.1 Å². The number of anilines is 2. The van der Waals surface area contributed by atoms with E-state index >= 15 is 0 Å². The Kier molecular flexibility index (Phi) is 2.81. The molecule has 0 radical (unpaired) electrons. The molecule has 2 saturated heterocycles. The maximum atomic E-state index is 11.6. The quantitative estimate of drug-likeness (QED) is 0.900. The summed E-state index contributed by atoms with van der Waals surface area (Å²) in [5.41, 5.74) is 0.857. The molecule has 2 aromatic rings. The van der Waals surface area contributed by atoms with Gasteiger partial charge in [0, 0.05) is 43.9 Å². The van der Waals surface area contributed by atoms with Gasteiger partial charge in [-0.3, -0.25) is 9.58 Å². The molecular formula is C12H15N7OS. The van der Waals surface area contributed by atoms with Crippen LogP contribution in [0.3, 0.4) is 0 Å². The van der Waals surface area contributed by atoms with Gasteiger partial charge in [-0.2, -0.15) is 9.47 Å². The Morgan fingerprint density at radius 2 is 2.29 bits per heavy atom. The standard InChI is InChI=1S/C12H15N7OS/c1-8-15-12(21-16-8)17-5-10(6-17)19-7-9(4-14-19)18-3-2-13-11(18)20/h4,7,10H,2-3,5-6H2,1H3,(H,13,20). The van der Waals surface area contributed by atoms with Crippen molar-refractivity contribution in [2.45, 2.75) is 13.0 Å². The molecule has 110 valence electrons. The van der Waals surface area contributed by atoms with Crippen molar-refractivity contribution in [2.24, 2.45) is 0 Å². The molecule has 2 fully saturated rings. The summed E-state index contributed by atoms with van der Waals surface area (Å²) in [6, 6.07) is 0.280. The van der Waals surface area contributed by atoms with Gasteiger partial charge in [0.25, 0.3) is 0 Å². The Balaban J connectivity index is 1.42. The second-order valence-corrected chi connectivity index (χ2v) is 5.98. The summed E-state index contributed by atoms with van der Waals surface area (Å²) in [5, 5.41) is 8.15. The van der Waals surface area contributed by atoms with Crippen LogP contribution in [0.2, 0.25) is 0 Å². The Hall–Kier alpha value is -2.16. The zero-order valence-corrected chi connectivity index (χ0v) is 12.4. The number of aryl methyl sites for hydroxylation is 1. The van der Waals surface area contributed by atoms with E-state index < -0.39 is 0 Å². The highest BCUT2D eigenvalue weighted by molar-refractivity contribution is 7.09. The molecule has 0 spiro atoms. The van der Waals surface area contributed by atoms with Crippen LogP contribution >= 0.6 is 11.5 Å². The van der Waals surface area contributed by atoms with Crippen molar-refractivity contribution < 1.29 is 4.79 Å². The lowest BCUT2D eigenvalue weighted by molar-refractivity contribution is 0.252. The fourth-order valence-corrected chi connectivity index (χ4v) is 3.27. The zero-order valence-electron chi connectivity index (χ0n) is 11.6. The largest absolute Gasteiger partial charge is 0.342 e. The number of rotatable bonds is 3. The molecule has 8 nitrogen and oxygen atoms in total. The maximum absolute atomic E-state index is 11.6. The monoisotopic (exact) mass is 305 g/mol. The van der Waals surface area contributed by atoms with Crippen molar-refractivity contribution in [3.8, 4) is 0 Å². The highest BCUT2D eigenvalue weighted by Gasteiger charge is 2.32. The molecule has 0 aliphatic carbocycles. The van der Waals surface area contributed by atoms with Crippen molar-refractivity contribution in [3.63, 3.8) is 0 Å². The number of hydrogen-bond donors (Lipinski definition) is 1. The van der Waals surface area contributed by atoms with Gasteiger partial charge in [0.2, 0.25) is 5.13 Å². The Morgan fingerprint density at radius 1 is 1.43 bits per heavy atom. The second kappa shape index (κ2) is 4.69. The van der Waals surface area contributed by atoms with Gasteiger partial charge in [0.05, 0.1) is 17.9 Å². The van der Waals surface area contributed by atoms with Crippen molar-refractivity contribution in [1.82, 2.24) is 24.5 Å². The molecule has 4 heterocycles. The molecule has 0 unspecified atom stereocenters. The molecule has 9 heteroatoms. The van der Waals surface area contributed by atoms with Gasteiger partial charge >= 0.3 is 6.03 Å². The molecular weight excluding hydrogens is 290 g/mol. The van der Waals surface area contributed by atoms with E-state index in [9.17, 15) is 4.79 Å². The number of nitrogens with one attached hydrogen (secondary N) is 1. The topological polar surface area (TPSA) is 79.2 Å². The summed E-state index contributed by atoms with van der Waals surface area (Å²) in [7, 11) is 0. The minimum absolute atomic E-state index is 0.0471. The van der Waals surface area contributed by atoms with E-state index in [-0.39, 0.29) is 6.03 Å². The van der Waals surface area contributed by atoms with Crippen molar-refractivity contribution >= 4 is 28.4 Å². The van der Waals surface area contributed by atoms with E-state index in [0.29, 0.717) is 19.1 Å². The van der Waals surface area contributed by atoms with Crippen LogP contribution in [0.5, 0.6) is 0 Å². The van der Waals surface area contributed by atoms with Crippen LogP contribution in [0.4, 0.5) is 15.6 Å². The summed E-state index contributed by atoms with van der Waals surface area (Å²) >= 11 is 1.43. The molecule has 0 saturated carbocycles. The van der Waals surface area contributed by atoms with Gasteiger partial charge in [0.15, 0.2) is 0 Å². The van der Waals surface area contributed by atoms with Gasteiger partial charge in [-0.15, -0.1) is 0 Å². The van der Waals surface area contributed by atoms with Gasteiger partial charge in [-0.25, -0.2) is 9.78 Å². The number of carbonyl (C=O) groups is 1. The average molecular weight is 305 g/mol. The maximum Gasteiger partial charge on any atom is 0.322 e. The molecule has 2 aliphatic heterocycles. The summed E-state index contributed by atoms with van der Waals surface area (Å²) in [6.45, 7) is 5.05. The fraction of sp³-hybridized carbons (Fsp3) is 0.500. The minimum atomic E-state index is -0.0471. The summed E-state index contributed by atoms with van der Waals surface area (Å²) in [4.78, 5) is 19.9. The first-order chi connectivity index (χ1) is 10.2. The van der Waals surface area contributed by atoms with Gasteiger partial charge in [-0.1, -0.05) is 0 Å². The normalized spacial score (nSPS) is 19.0. The molecule has 21 heavy (non-hydrogen) atoms. The van der Waals surface area contributed by atoms with Crippen LogP contribution in [0, 0.1) is 6.92 Å². The Bertz CT molecular complexity index is 675. The first-order valence-corrected chi connectivity index (χ1v) is 7.63. The van der Waals surface area contributed by atoms with Crippen LogP contribution in [0.1, 0.15) is 11.9 Å². The van der Waals surface area contributed by atoms with E-state index in [1.165, 1.54) is 11.5 Å². The van der Waals surface area contributed by atoms with Crippen LogP contribution in [-0.2, 0) is 0 Å². The molecule has 0 atom stereocenters. The molecule has 0 aromatic carbocycles. The summed E-state index contributed by atoms with van der Waals surface area (Å²) < 4.78 is 6.13. The third-order valence-electron chi connectivity index (χ3n) is 3.78. The van der Waals surface area contributed by atoms with Gasteiger partial charge in [-0.05, 0) is 6.92 Å². The number of nitrogens with zero attached hydrogens (tertiary/aromatic N) is 6. The summed E-state index contributed by atoms with van der Waals surface area (Å²) in [6.07, 6.45) is 3.70. The van der Waals surface area contributed by atoms with Crippen LogP contribution in [0.25, 0.3) is 0 Å². The number of aromatic nitrogens is 4. The molecule has 0 bridgehead atoms. The van der Waals surface area contributed by atoms with Crippen LogP contribution < -0.4 is 15.1 Å². The third-order valence-corrected chi connectivity index (χ3v) is 4.65. The highest BCUT2D eigenvalue weighted by Crippen LogP contribution is 2.29. The van der Waals surface area contributed by atoms with Crippen molar-refractivity contribution in [1.29, 1.82) is 0 Å². The predicted octanol–water partition coefficient (Wildman–Crippen LogP) is 0.634. The lowest BCUT2D eigenvalue weighted by Crippen LogP contribution is -2.48. The Labute approximate surface area is 125 Å². The van der Waals surface area contributed by atoms with E-state index in [2.05, 4.69) is 24.7 Å². The van der Waals surface area contributed by atoms with E-state index in [1.807, 2.05) is 17.8 Å². The van der Waals surface area contributed by atoms with Crippen molar-refractivity contribution in [3.05, 3.63) is 18.2 Å². The zero-order chi connectivity index (χ0) is 14.4. The van der Waals surface area contributed by atoms with Crippen LogP contribution in [0.15, 0.2) is 12.4 Å². The number of hydrogen-bond acceptors (Lipinski definition) is 6. The second-order valence-electron chi connectivity index (χ2n) is 5.25. The van der Waals surface area contributed by atoms with Gasteiger partial charge in [0.1, 0.15) is 5.82 Å². The van der Waals surface area contributed by atoms with Gasteiger partial charge < -0.3 is 10.2 Å². The van der Waals surface area contributed by atoms with Crippen molar-refractivity contribution in [2.75, 3.05) is 36.0 Å². The molecule has 2 amide bonds. The van der Waals surface area contributed by atoms with E-state index in [0.717, 1.165) is 29.7 Å².